The fourth-order valence-electron chi connectivity index (χ4n) is 3.85. The third-order valence-electron chi connectivity index (χ3n) is 5.44. The van der Waals surface area contributed by atoms with Crippen molar-refractivity contribution in [3.63, 3.8) is 0 Å². The summed E-state index contributed by atoms with van der Waals surface area (Å²) in [6.07, 6.45) is 3.30. The maximum atomic E-state index is 13.3. The highest BCUT2D eigenvalue weighted by Gasteiger charge is 2.32. The zero-order valence-corrected chi connectivity index (χ0v) is 16.7. The van der Waals surface area contributed by atoms with Crippen LogP contribution in [0.5, 0.6) is 5.75 Å². The van der Waals surface area contributed by atoms with Crippen molar-refractivity contribution in [2.24, 2.45) is 11.1 Å². The van der Waals surface area contributed by atoms with Crippen LogP contribution in [0.1, 0.15) is 36.7 Å². The molecule has 0 N–H and O–H groups in total. The maximum Gasteiger partial charge on any atom is 0.198 e. The van der Waals surface area contributed by atoms with E-state index in [0.29, 0.717) is 44.8 Å². The second kappa shape index (κ2) is 6.62. The largest absolute Gasteiger partial charge is 0.356 e. The zero-order chi connectivity index (χ0) is 21.0. The molecule has 0 radical (unpaired) electrons. The van der Waals surface area contributed by atoms with E-state index in [1.807, 2.05) is 32.0 Å². The van der Waals surface area contributed by atoms with E-state index >= 15 is 0 Å². The first kappa shape index (κ1) is 18.2. The first-order valence-corrected chi connectivity index (χ1v) is 9.71. The second-order valence-electron chi connectivity index (χ2n) is 7.73. The minimum Gasteiger partial charge on any atom is -0.356 e. The van der Waals surface area contributed by atoms with Gasteiger partial charge < -0.3 is 9.36 Å². The van der Waals surface area contributed by atoms with Crippen molar-refractivity contribution in [2.45, 2.75) is 20.8 Å². The number of carbonyl (C=O) groups excluding carboxylic acids is 2. The summed E-state index contributed by atoms with van der Waals surface area (Å²) in [7, 11) is 0. The van der Waals surface area contributed by atoms with Crippen molar-refractivity contribution in [1.29, 1.82) is 0 Å². The van der Waals surface area contributed by atoms with Crippen LogP contribution in [0, 0.1) is 5.92 Å². The maximum absolute atomic E-state index is 13.3. The number of carbonyl (C=O) groups is 2. The van der Waals surface area contributed by atoms with Gasteiger partial charge in [-0.3, -0.25) is 9.59 Å². The Morgan fingerprint density at radius 2 is 1.80 bits per heavy atom. The van der Waals surface area contributed by atoms with Crippen molar-refractivity contribution in [3.05, 3.63) is 70.8 Å². The molecule has 1 heterocycles. The normalized spacial score (nSPS) is 16.7. The third kappa shape index (κ3) is 2.64. The summed E-state index contributed by atoms with van der Waals surface area (Å²) < 4.78 is 5.55. The van der Waals surface area contributed by atoms with Gasteiger partial charge in [-0.05, 0) is 48.3 Å². The number of allylic oxidation sites excluding steroid dienone is 4. The highest BCUT2D eigenvalue weighted by molar-refractivity contribution is 6.26. The molecular formula is C24H18N2O4. The summed E-state index contributed by atoms with van der Waals surface area (Å²) in [6.45, 7) is 5.72. The number of ketones is 2. The molecule has 2 aliphatic carbocycles. The van der Waals surface area contributed by atoms with Crippen LogP contribution in [0.4, 0.5) is 0 Å². The van der Waals surface area contributed by atoms with Crippen LogP contribution in [0.3, 0.4) is 0 Å². The number of fused-ring (bicyclic) bond motifs is 2. The summed E-state index contributed by atoms with van der Waals surface area (Å²) in [5.74, 6) is 0.780. The smallest absolute Gasteiger partial charge is 0.198 e. The van der Waals surface area contributed by atoms with Gasteiger partial charge >= 0.3 is 0 Å². The van der Waals surface area contributed by atoms with Crippen molar-refractivity contribution >= 4 is 28.2 Å². The Balaban J connectivity index is 1.64. The molecule has 2 aliphatic rings. The predicted molar refractivity (Wildman–Crippen MR) is 113 cm³/mol. The molecule has 0 amide bonds. The minimum absolute atomic E-state index is 0.0324. The molecule has 6 nitrogen and oxygen atoms in total. The summed E-state index contributed by atoms with van der Waals surface area (Å²) in [4.78, 5) is 31.1. The monoisotopic (exact) mass is 398 g/mol. The molecule has 30 heavy (non-hydrogen) atoms. The lowest BCUT2D eigenvalue weighted by molar-refractivity contribution is -0.111. The molecule has 148 valence electrons. The average Bonchev–Trinajstić information content (AvgIpc) is 3.17. The lowest BCUT2D eigenvalue weighted by atomic mass is 9.87. The lowest BCUT2D eigenvalue weighted by Crippen LogP contribution is -2.17. The van der Waals surface area contributed by atoms with Gasteiger partial charge in [-0.15, -0.1) is 0 Å². The molecule has 0 aliphatic heterocycles. The lowest BCUT2D eigenvalue weighted by Gasteiger charge is -2.17. The van der Waals surface area contributed by atoms with E-state index in [1.165, 1.54) is 0 Å². The molecule has 0 atom stereocenters. The Kier molecular flexibility index (Phi) is 4.03. The second-order valence-corrected chi connectivity index (χ2v) is 7.73. The van der Waals surface area contributed by atoms with Gasteiger partial charge in [0.15, 0.2) is 23.1 Å². The summed E-state index contributed by atoms with van der Waals surface area (Å²) in [5.41, 5.74) is 4.18. The number of hydrogen-bond donors (Lipinski definition) is 0. The van der Waals surface area contributed by atoms with Gasteiger partial charge in [-0.25, -0.2) is 0 Å². The van der Waals surface area contributed by atoms with E-state index in [4.69, 9.17) is 9.36 Å². The van der Waals surface area contributed by atoms with Crippen LogP contribution < -0.4 is 4.84 Å². The molecule has 0 unspecified atom stereocenters. The number of nitrogens with zero attached hydrogens (tertiary/aromatic N) is 2. The summed E-state index contributed by atoms with van der Waals surface area (Å²) in [6, 6.07) is 10.7. The molecule has 0 bridgehead atoms. The quantitative estimate of drug-likeness (QED) is 0.363. The highest BCUT2D eigenvalue weighted by Crippen LogP contribution is 2.43. The van der Waals surface area contributed by atoms with E-state index in [2.05, 4.69) is 10.3 Å². The summed E-state index contributed by atoms with van der Waals surface area (Å²) >= 11 is 0. The van der Waals surface area contributed by atoms with Gasteiger partial charge in [0.05, 0.1) is 10.9 Å². The van der Waals surface area contributed by atoms with Crippen molar-refractivity contribution in [3.8, 4) is 17.1 Å². The minimum atomic E-state index is -0.160. The van der Waals surface area contributed by atoms with Crippen molar-refractivity contribution < 1.29 is 18.9 Å². The first-order valence-electron chi connectivity index (χ1n) is 9.71. The van der Waals surface area contributed by atoms with Crippen LogP contribution in [-0.2, 0) is 4.79 Å². The number of oxime groups is 1. The van der Waals surface area contributed by atoms with Gasteiger partial charge in [-0.2, -0.15) is 0 Å². The Hall–Kier alpha value is -3.80. The Bertz CT molecular complexity index is 1340. The van der Waals surface area contributed by atoms with Crippen molar-refractivity contribution in [2.75, 3.05) is 0 Å². The van der Waals surface area contributed by atoms with Gasteiger partial charge in [0.1, 0.15) is 11.2 Å². The molecule has 0 spiro atoms. The average molecular weight is 398 g/mol. The Morgan fingerprint density at radius 1 is 1.03 bits per heavy atom. The van der Waals surface area contributed by atoms with Crippen LogP contribution in [0.15, 0.2) is 69.4 Å². The Morgan fingerprint density at radius 3 is 2.57 bits per heavy atom. The van der Waals surface area contributed by atoms with E-state index in [0.717, 1.165) is 11.1 Å². The van der Waals surface area contributed by atoms with E-state index in [9.17, 15) is 9.59 Å². The molecular weight excluding hydrogens is 380 g/mol. The van der Waals surface area contributed by atoms with E-state index in [-0.39, 0.29) is 17.5 Å². The number of benzene rings is 2. The van der Waals surface area contributed by atoms with Gasteiger partial charge in [-0.1, -0.05) is 48.4 Å². The molecule has 5 rings (SSSR count). The van der Waals surface area contributed by atoms with Crippen LogP contribution in [0.2, 0.25) is 0 Å². The van der Waals surface area contributed by atoms with E-state index < -0.39 is 0 Å². The van der Waals surface area contributed by atoms with E-state index in [1.54, 1.807) is 37.3 Å². The first-order chi connectivity index (χ1) is 14.5. The molecule has 1 aromatic heterocycles. The Labute approximate surface area is 172 Å². The van der Waals surface area contributed by atoms with Gasteiger partial charge in [0.2, 0.25) is 0 Å². The fraction of sp³-hybridized carbons (Fsp3) is 0.167. The predicted octanol–water partition coefficient (Wildman–Crippen LogP) is 4.89. The topological polar surface area (TPSA) is 81.8 Å². The summed E-state index contributed by atoms with van der Waals surface area (Å²) in [5, 5.41) is 9.02. The highest BCUT2D eigenvalue weighted by atomic mass is 16.6. The van der Waals surface area contributed by atoms with Gasteiger partial charge in [0.25, 0.3) is 0 Å². The molecule has 6 heteroatoms. The number of aromatic nitrogens is 1. The third-order valence-corrected chi connectivity index (χ3v) is 5.44. The van der Waals surface area contributed by atoms with Crippen molar-refractivity contribution in [1.82, 2.24) is 5.16 Å². The number of rotatable bonds is 3. The standard InChI is InChI=1S/C24H18N2O4/c1-12(2)16-11-19(27)13(3)10-18(16)26-29-20-9-8-17-21-22(20)23(28)14-6-4-5-7-15(14)24(21)30-25-17/h4-12H,1-3H3. The zero-order valence-electron chi connectivity index (χ0n) is 16.7. The molecule has 0 saturated heterocycles. The SMILES string of the molecule is CC1=CC(=NOc2ccc3noc4c3c2C(=O)c2ccccc2-4)C(C(C)C)=CC1=O. The number of hydrogen-bond acceptors (Lipinski definition) is 6. The molecule has 0 saturated carbocycles. The van der Waals surface area contributed by atoms with Crippen LogP contribution in [-0.4, -0.2) is 22.4 Å². The molecule has 2 aromatic carbocycles. The fourth-order valence-corrected chi connectivity index (χ4v) is 3.85. The van der Waals surface area contributed by atoms with Gasteiger partial charge in [0, 0.05) is 11.1 Å². The van der Waals surface area contributed by atoms with Crippen LogP contribution in [0.25, 0.3) is 22.2 Å². The molecule has 3 aromatic rings. The van der Waals surface area contributed by atoms with Crippen LogP contribution >= 0.6 is 0 Å². The molecule has 0 fully saturated rings.